The fourth-order valence-electron chi connectivity index (χ4n) is 11.5. The van der Waals surface area contributed by atoms with Gasteiger partial charge in [0.15, 0.2) is 0 Å². The molecule has 12 rings (SSSR count). The number of hydrogen-bond donors (Lipinski definition) is 0. The SMILES string of the molecule is CC(C)(C)c1cc(-c2ccccc2)cc(-c2cccc(-c3ccc4c(c3)C(C)(C)CCC4(C)C)c2N2[CH-]N(c3[c-]c(Oc4[c-]c5c(cc4)c4ccccc4n5-c4cc(C(C)(C)C)ccn4)ccc3)c3ccccc32)c1.[Pt]. The molecule has 76 heavy (non-hydrogen) atoms. The van der Waals surface area contributed by atoms with Crippen LogP contribution in [-0.4, -0.2) is 9.55 Å². The van der Waals surface area contributed by atoms with Gasteiger partial charge in [-0.05, 0) is 121 Å². The van der Waals surface area contributed by atoms with E-state index in [0.29, 0.717) is 11.5 Å². The van der Waals surface area contributed by atoms with Crippen molar-refractivity contribution in [2.45, 2.75) is 104 Å². The fraction of sp³-hybridized carbons (Fsp3) is 0.229. The summed E-state index contributed by atoms with van der Waals surface area (Å²) in [6.45, 7) is 25.5. The van der Waals surface area contributed by atoms with Gasteiger partial charge in [0, 0.05) is 72.5 Å². The van der Waals surface area contributed by atoms with Crippen LogP contribution in [0.3, 0.4) is 0 Å². The van der Waals surface area contributed by atoms with E-state index in [1.807, 2.05) is 18.3 Å². The molecular formula is C70H65N4OPt-3. The molecule has 6 heteroatoms. The zero-order valence-electron chi connectivity index (χ0n) is 45.3. The first-order chi connectivity index (χ1) is 35.9. The summed E-state index contributed by atoms with van der Waals surface area (Å²) in [4.78, 5) is 9.56. The van der Waals surface area contributed by atoms with E-state index in [-0.39, 0.29) is 42.7 Å². The maximum Gasteiger partial charge on any atom is 0.135 e. The zero-order valence-corrected chi connectivity index (χ0v) is 47.6. The average molecular weight is 1170 g/mol. The standard InChI is InChI=1S/C70H65N4O.Pt/c1-67(2,3)50-34-37-71-65(42-50)74-61-27-15-14-24-57(61)58-32-31-54(44-64(58)74)75-53-23-18-22-52(43-53)72-45-73(63-29-17-16-28-62(63)72)66-55(47-30-33-59-60(41-47)70(9,10)36-35-69(59,7)8)25-19-26-56(66)49-38-48(46-20-12-11-13-21-46)39-51(40-49)68(4,5)6;/h11-34,37-42,45H,35-36H2,1-10H3;/q-3;. The number of pyridine rings is 1. The second kappa shape index (κ2) is 19.1. The van der Waals surface area contributed by atoms with Crippen molar-refractivity contribution in [2.75, 3.05) is 9.80 Å². The molecule has 1 aliphatic heterocycles. The molecule has 0 N–H and O–H groups in total. The molecular weight excluding hydrogens is 1110 g/mol. The molecule has 1 aliphatic carbocycles. The molecule has 2 aromatic heterocycles. The van der Waals surface area contributed by atoms with Gasteiger partial charge in [0.1, 0.15) is 5.82 Å². The number of nitrogens with zero attached hydrogens (tertiary/aromatic N) is 4. The Morgan fingerprint density at radius 1 is 0.513 bits per heavy atom. The third-order valence-corrected chi connectivity index (χ3v) is 15.9. The maximum atomic E-state index is 6.77. The quantitative estimate of drug-likeness (QED) is 0.142. The number of benzene rings is 8. The molecule has 0 radical (unpaired) electrons. The van der Waals surface area contributed by atoms with Gasteiger partial charge >= 0.3 is 0 Å². The fourth-order valence-corrected chi connectivity index (χ4v) is 11.5. The smallest absolute Gasteiger partial charge is 0.135 e. The summed E-state index contributed by atoms with van der Waals surface area (Å²) in [6, 6.07) is 71.3. The molecule has 0 saturated heterocycles. The average Bonchev–Trinajstić information content (AvgIpc) is 4.02. The topological polar surface area (TPSA) is 33.5 Å². The van der Waals surface area contributed by atoms with Crippen molar-refractivity contribution in [3.05, 3.63) is 223 Å². The third kappa shape index (κ3) is 9.15. The van der Waals surface area contributed by atoms with Crippen molar-refractivity contribution >= 4 is 44.6 Å². The van der Waals surface area contributed by atoms with Gasteiger partial charge in [0.05, 0.1) is 0 Å². The van der Waals surface area contributed by atoms with E-state index < -0.39 is 0 Å². The normalized spacial score (nSPS) is 14.9. The van der Waals surface area contributed by atoms with Crippen LogP contribution in [-0.2, 0) is 42.7 Å². The largest absolute Gasteiger partial charge is 0.509 e. The maximum absolute atomic E-state index is 6.77. The number of para-hydroxylation sites is 4. The van der Waals surface area contributed by atoms with Gasteiger partial charge in [-0.15, -0.1) is 48.1 Å². The second-order valence-electron chi connectivity index (χ2n) is 24.1. The number of fused-ring (bicyclic) bond motifs is 5. The van der Waals surface area contributed by atoms with Crippen LogP contribution < -0.4 is 14.5 Å². The van der Waals surface area contributed by atoms with Gasteiger partial charge in [-0.1, -0.05) is 184 Å². The Hall–Kier alpha value is -7.20. The van der Waals surface area contributed by atoms with Gasteiger partial charge in [-0.3, -0.25) is 0 Å². The number of anilines is 4. The minimum atomic E-state index is -0.0858. The van der Waals surface area contributed by atoms with E-state index in [2.05, 4.69) is 266 Å². The van der Waals surface area contributed by atoms with Gasteiger partial charge in [0.25, 0.3) is 0 Å². The van der Waals surface area contributed by atoms with Crippen LogP contribution in [0.2, 0.25) is 0 Å². The molecule has 8 aromatic carbocycles. The summed E-state index contributed by atoms with van der Waals surface area (Å²) in [5, 5.41) is 2.23. The van der Waals surface area contributed by atoms with Gasteiger partial charge in [-0.25, -0.2) is 4.98 Å². The van der Waals surface area contributed by atoms with Crippen molar-refractivity contribution in [1.29, 1.82) is 0 Å². The second-order valence-corrected chi connectivity index (χ2v) is 24.1. The molecule has 5 nitrogen and oxygen atoms in total. The zero-order chi connectivity index (χ0) is 52.0. The van der Waals surface area contributed by atoms with Crippen LogP contribution in [0, 0.1) is 18.8 Å². The Bertz CT molecular complexity index is 3830. The molecule has 0 spiro atoms. The minimum Gasteiger partial charge on any atom is -0.509 e. The number of hydrogen-bond acceptors (Lipinski definition) is 4. The summed E-state index contributed by atoms with van der Waals surface area (Å²) in [7, 11) is 0. The Morgan fingerprint density at radius 2 is 1.16 bits per heavy atom. The molecule has 0 unspecified atom stereocenters. The van der Waals surface area contributed by atoms with E-state index in [1.54, 1.807) is 0 Å². The van der Waals surface area contributed by atoms with Crippen LogP contribution in [0.5, 0.6) is 11.5 Å². The monoisotopic (exact) mass is 1170 g/mol. The minimum absolute atomic E-state index is 0. The predicted molar refractivity (Wildman–Crippen MR) is 313 cm³/mol. The van der Waals surface area contributed by atoms with E-state index in [1.165, 1.54) is 56.5 Å². The van der Waals surface area contributed by atoms with E-state index in [0.717, 1.165) is 62.4 Å². The first kappa shape index (κ1) is 50.9. The predicted octanol–water partition coefficient (Wildman–Crippen LogP) is 18.9. The van der Waals surface area contributed by atoms with Gasteiger partial charge in [-0.2, -0.15) is 12.1 Å². The summed E-state index contributed by atoms with van der Waals surface area (Å²) in [5.74, 6) is 2.05. The number of ether oxygens (including phenoxy) is 1. The number of rotatable bonds is 8. The van der Waals surface area contributed by atoms with Crippen molar-refractivity contribution in [3.8, 4) is 50.7 Å². The third-order valence-electron chi connectivity index (χ3n) is 15.9. The molecule has 384 valence electrons. The molecule has 0 amide bonds. The molecule has 0 atom stereocenters. The summed E-state index contributed by atoms with van der Waals surface area (Å²) >= 11 is 0. The van der Waals surface area contributed by atoms with Crippen LogP contribution in [0.1, 0.15) is 104 Å². The summed E-state index contributed by atoms with van der Waals surface area (Å²) < 4.78 is 8.97. The van der Waals surface area contributed by atoms with Crippen LogP contribution in [0.15, 0.2) is 182 Å². The first-order valence-corrected chi connectivity index (χ1v) is 26.6. The Balaban J connectivity index is 0.00000616. The van der Waals surface area contributed by atoms with E-state index in [4.69, 9.17) is 9.72 Å². The first-order valence-electron chi connectivity index (χ1n) is 26.6. The van der Waals surface area contributed by atoms with E-state index >= 15 is 0 Å². The van der Waals surface area contributed by atoms with Crippen LogP contribution >= 0.6 is 0 Å². The molecule has 10 aromatic rings. The van der Waals surface area contributed by atoms with E-state index in [9.17, 15) is 0 Å². The molecule has 0 fully saturated rings. The Morgan fingerprint density at radius 3 is 1.91 bits per heavy atom. The molecule has 2 aliphatic rings. The van der Waals surface area contributed by atoms with Crippen LogP contribution in [0.25, 0.3) is 61.0 Å². The Labute approximate surface area is 464 Å². The summed E-state index contributed by atoms with van der Waals surface area (Å²) in [6.07, 6.45) is 4.23. The van der Waals surface area contributed by atoms with Gasteiger partial charge < -0.3 is 19.1 Å². The Kier molecular flexibility index (Phi) is 12.8. The van der Waals surface area contributed by atoms with Crippen molar-refractivity contribution in [2.24, 2.45) is 0 Å². The molecule has 0 saturated carbocycles. The van der Waals surface area contributed by atoms with Gasteiger partial charge in [0.2, 0.25) is 0 Å². The van der Waals surface area contributed by atoms with Crippen molar-refractivity contribution < 1.29 is 25.8 Å². The number of aromatic nitrogens is 2. The van der Waals surface area contributed by atoms with Crippen molar-refractivity contribution in [1.82, 2.24) is 9.55 Å². The van der Waals surface area contributed by atoms with Crippen molar-refractivity contribution in [3.63, 3.8) is 0 Å². The summed E-state index contributed by atoms with van der Waals surface area (Å²) in [5.41, 5.74) is 18.7. The molecule has 3 heterocycles. The molecule has 0 bridgehead atoms. The van der Waals surface area contributed by atoms with Crippen LogP contribution in [0.4, 0.5) is 22.7 Å².